The van der Waals surface area contributed by atoms with Gasteiger partial charge in [-0.3, -0.25) is 9.59 Å². The molecule has 1 aliphatic rings. The van der Waals surface area contributed by atoms with Gasteiger partial charge in [0.2, 0.25) is 5.78 Å². The molecule has 1 unspecified atom stereocenters. The maximum absolute atomic E-state index is 13.6. The topological polar surface area (TPSA) is 83.2 Å². The van der Waals surface area contributed by atoms with Gasteiger partial charge in [0, 0.05) is 11.9 Å². The quantitative estimate of drug-likeness (QED) is 0.354. The second-order valence-corrected chi connectivity index (χ2v) is 8.47. The lowest BCUT2D eigenvalue weighted by Crippen LogP contribution is -2.33. The normalized spacial score (nSPS) is 16.0. The molecule has 0 fully saturated rings. The maximum atomic E-state index is 13.6. The number of ketones is 1. The van der Waals surface area contributed by atoms with Crippen molar-refractivity contribution in [2.75, 3.05) is 33.8 Å². The summed E-state index contributed by atoms with van der Waals surface area (Å²) in [7, 11) is 3.91. The minimum atomic E-state index is -0.733. The van der Waals surface area contributed by atoms with Gasteiger partial charge in [-0.05, 0) is 56.9 Å². The van der Waals surface area contributed by atoms with Crippen LogP contribution in [0.2, 0.25) is 0 Å². The van der Waals surface area contributed by atoms with Crippen LogP contribution in [0, 0.1) is 0 Å². The summed E-state index contributed by atoms with van der Waals surface area (Å²) in [5.74, 6) is -0.872. The molecule has 176 valence electrons. The molecule has 0 saturated carbocycles. The molecule has 1 aromatic heterocycles. The van der Waals surface area contributed by atoms with Crippen LogP contribution in [0.25, 0.3) is 11.0 Å². The van der Waals surface area contributed by atoms with Crippen LogP contribution in [-0.4, -0.2) is 60.4 Å². The summed E-state index contributed by atoms with van der Waals surface area (Å²) in [5.41, 5.74) is 1.29. The van der Waals surface area contributed by atoms with E-state index in [1.165, 1.54) is 0 Å². The number of hydrogen-bond acceptors (Lipinski definition) is 6. The number of Topliss-reactive ketones (excluding diaryl/α,β-unsaturated/α-hetero) is 1. The van der Waals surface area contributed by atoms with Crippen molar-refractivity contribution in [1.29, 1.82) is 0 Å². The summed E-state index contributed by atoms with van der Waals surface area (Å²) in [6.45, 7) is 5.16. The number of carbonyl (C=O) groups excluding carboxylic acids is 2. The van der Waals surface area contributed by atoms with Crippen LogP contribution in [0.1, 0.15) is 28.6 Å². The van der Waals surface area contributed by atoms with Crippen LogP contribution in [0.4, 0.5) is 0 Å². The van der Waals surface area contributed by atoms with Crippen molar-refractivity contribution >= 4 is 22.7 Å². The van der Waals surface area contributed by atoms with Gasteiger partial charge < -0.3 is 24.1 Å². The predicted molar refractivity (Wildman–Crippen MR) is 130 cm³/mol. The Morgan fingerprint density at radius 2 is 1.94 bits per heavy atom. The number of aliphatic hydroxyl groups is 1. The highest BCUT2D eigenvalue weighted by molar-refractivity contribution is 6.16. The van der Waals surface area contributed by atoms with Crippen molar-refractivity contribution in [1.82, 2.24) is 9.80 Å². The van der Waals surface area contributed by atoms with Gasteiger partial charge in [0.05, 0.1) is 11.6 Å². The molecule has 3 aromatic rings. The summed E-state index contributed by atoms with van der Waals surface area (Å²) < 4.78 is 11.3. The van der Waals surface area contributed by atoms with Crippen molar-refractivity contribution < 1.29 is 23.8 Å². The van der Waals surface area contributed by atoms with Gasteiger partial charge in [0.25, 0.3) is 5.91 Å². The molecule has 0 saturated heterocycles. The zero-order valence-electron chi connectivity index (χ0n) is 19.4. The Morgan fingerprint density at radius 3 is 2.62 bits per heavy atom. The van der Waals surface area contributed by atoms with Crippen molar-refractivity contribution in [2.24, 2.45) is 0 Å². The van der Waals surface area contributed by atoms with E-state index >= 15 is 0 Å². The number of fused-ring (bicyclic) bond motifs is 1. The molecule has 7 heteroatoms. The minimum Gasteiger partial charge on any atom is -0.503 e. The molecule has 2 aromatic carbocycles. The lowest BCUT2D eigenvalue weighted by Gasteiger charge is -2.27. The molecule has 1 aliphatic heterocycles. The second kappa shape index (κ2) is 9.97. The summed E-state index contributed by atoms with van der Waals surface area (Å²) in [6.07, 6.45) is 2.34. The van der Waals surface area contributed by atoms with Crippen molar-refractivity contribution in [3.63, 3.8) is 0 Å². The highest BCUT2D eigenvalue weighted by Crippen LogP contribution is 2.40. The number of aliphatic hydroxyl groups excluding tert-OH is 1. The first kappa shape index (κ1) is 23.3. The molecule has 0 bridgehead atoms. The van der Waals surface area contributed by atoms with E-state index in [9.17, 15) is 14.7 Å². The van der Waals surface area contributed by atoms with Crippen LogP contribution in [0.3, 0.4) is 0 Å². The maximum Gasteiger partial charge on any atom is 0.290 e. The highest BCUT2D eigenvalue weighted by atomic mass is 16.5. The van der Waals surface area contributed by atoms with E-state index in [1.54, 1.807) is 47.4 Å². The Hall–Kier alpha value is -3.84. The third-order valence-corrected chi connectivity index (χ3v) is 5.77. The summed E-state index contributed by atoms with van der Waals surface area (Å²) >= 11 is 0. The first-order valence-electron chi connectivity index (χ1n) is 11.2. The first-order valence-corrected chi connectivity index (χ1v) is 11.2. The molecule has 7 nitrogen and oxygen atoms in total. The minimum absolute atomic E-state index is 0.0219. The van der Waals surface area contributed by atoms with E-state index in [-0.39, 0.29) is 11.3 Å². The summed E-state index contributed by atoms with van der Waals surface area (Å²) in [6, 6.07) is 15.4. The second-order valence-electron chi connectivity index (χ2n) is 8.47. The lowest BCUT2D eigenvalue weighted by atomic mass is 9.95. The third kappa shape index (κ3) is 4.61. The zero-order chi connectivity index (χ0) is 24.2. The molecule has 1 N–H and O–H groups in total. The fourth-order valence-electron chi connectivity index (χ4n) is 4.15. The van der Waals surface area contributed by atoms with Crippen LogP contribution >= 0.6 is 0 Å². The molecule has 4 rings (SSSR count). The van der Waals surface area contributed by atoms with Gasteiger partial charge in [0.15, 0.2) is 11.5 Å². The molecule has 0 radical (unpaired) electrons. The van der Waals surface area contributed by atoms with E-state index in [4.69, 9.17) is 9.15 Å². The van der Waals surface area contributed by atoms with Gasteiger partial charge >= 0.3 is 0 Å². The van der Waals surface area contributed by atoms with E-state index in [0.717, 1.165) is 11.9 Å². The van der Waals surface area contributed by atoms with E-state index in [2.05, 4.69) is 6.58 Å². The summed E-state index contributed by atoms with van der Waals surface area (Å²) in [4.78, 5) is 30.2. The Kier molecular flexibility index (Phi) is 6.84. The predicted octanol–water partition coefficient (Wildman–Crippen LogP) is 4.53. The molecule has 0 spiro atoms. The molecule has 2 heterocycles. The Balaban J connectivity index is 1.71. The number of benzene rings is 2. The Labute approximate surface area is 198 Å². The SMILES string of the molecule is C=CCOc1ccc(C2C(C(=O)c3cc4ccccc4o3)=C(O)C(=O)N2CCCN(C)C)cc1. The largest absolute Gasteiger partial charge is 0.503 e. The molecule has 0 aliphatic carbocycles. The monoisotopic (exact) mass is 460 g/mol. The number of furan rings is 1. The van der Waals surface area contributed by atoms with Crippen LogP contribution < -0.4 is 4.74 Å². The third-order valence-electron chi connectivity index (χ3n) is 5.77. The molecular weight excluding hydrogens is 432 g/mol. The van der Waals surface area contributed by atoms with E-state index in [0.29, 0.717) is 36.5 Å². The van der Waals surface area contributed by atoms with Gasteiger partial charge in [0.1, 0.15) is 17.9 Å². The fraction of sp³-hybridized carbons (Fsp3) is 0.259. The summed E-state index contributed by atoms with van der Waals surface area (Å²) in [5, 5.41) is 11.6. The zero-order valence-corrected chi connectivity index (χ0v) is 19.4. The van der Waals surface area contributed by atoms with E-state index < -0.39 is 23.5 Å². The van der Waals surface area contributed by atoms with Crippen LogP contribution in [-0.2, 0) is 4.79 Å². The number of amides is 1. The number of rotatable bonds is 10. The number of ether oxygens (including phenoxy) is 1. The molecule has 1 amide bonds. The standard InChI is InChI=1S/C27H28N2O5/c1-4-16-33-20-12-10-18(11-13-20)24-23(26(31)27(32)29(24)15-7-14-28(2)3)25(30)22-17-19-8-5-6-9-21(19)34-22/h4-6,8-13,17,24,31H,1,7,14-16H2,2-3H3. The van der Waals surface area contributed by atoms with Crippen LogP contribution in [0.15, 0.2) is 83.0 Å². The van der Waals surface area contributed by atoms with Crippen LogP contribution in [0.5, 0.6) is 5.75 Å². The number of hydrogen-bond donors (Lipinski definition) is 1. The van der Waals surface area contributed by atoms with Crippen molar-refractivity contribution in [2.45, 2.75) is 12.5 Å². The molecule has 34 heavy (non-hydrogen) atoms. The lowest BCUT2D eigenvalue weighted by molar-refractivity contribution is -0.129. The Bertz CT molecular complexity index is 1210. The van der Waals surface area contributed by atoms with Gasteiger partial charge in [-0.2, -0.15) is 0 Å². The molecule has 1 atom stereocenters. The smallest absolute Gasteiger partial charge is 0.290 e. The average Bonchev–Trinajstić information content (AvgIpc) is 3.37. The number of para-hydroxylation sites is 1. The number of nitrogens with zero attached hydrogens (tertiary/aromatic N) is 2. The molecular formula is C27H28N2O5. The van der Waals surface area contributed by atoms with Gasteiger partial charge in [-0.15, -0.1) is 0 Å². The Morgan fingerprint density at radius 1 is 1.21 bits per heavy atom. The van der Waals surface area contributed by atoms with Gasteiger partial charge in [-0.1, -0.05) is 43.0 Å². The van der Waals surface area contributed by atoms with Gasteiger partial charge in [-0.25, -0.2) is 0 Å². The average molecular weight is 461 g/mol. The highest BCUT2D eigenvalue weighted by Gasteiger charge is 2.44. The first-order chi connectivity index (χ1) is 16.4. The van der Waals surface area contributed by atoms with E-state index in [1.807, 2.05) is 37.2 Å². The van der Waals surface area contributed by atoms with Crippen molar-refractivity contribution in [3.05, 3.63) is 89.9 Å². The fourth-order valence-corrected chi connectivity index (χ4v) is 4.15. The number of carbonyl (C=O) groups is 2. The van der Waals surface area contributed by atoms with Crippen molar-refractivity contribution in [3.8, 4) is 5.75 Å².